The summed E-state index contributed by atoms with van der Waals surface area (Å²) in [6, 6.07) is 8.76. The zero-order valence-corrected chi connectivity index (χ0v) is 15.2. The van der Waals surface area contributed by atoms with E-state index in [0.717, 1.165) is 19.5 Å². The van der Waals surface area contributed by atoms with E-state index in [-0.39, 0.29) is 5.41 Å². The van der Waals surface area contributed by atoms with Crippen LogP contribution in [-0.2, 0) is 18.4 Å². The maximum Gasteiger partial charge on any atom is 0.0488 e. The molecule has 0 radical (unpaired) electrons. The maximum atomic E-state index is 4.09. The number of allylic oxidation sites excluding steroid dienone is 3. The summed E-state index contributed by atoms with van der Waals surface area (Å²) in [6.45, 7) is 14.8. The highest BCUT2D eigenvalue weighted by molar-refractivity contribution is 5.86. The number of para-hydroxylation sites is 1. The molecule has 0 bridgehead atoms. The van der Waals surface area contributed by atoms with Crippen molar-refractivity contribution >= 4 is 10.9 Å². The summed E-state index contributed by atoms with van der Waals surface area (Å²) >= 11 is 0. The Kier molecular flexibility index (Phi) is 5.48. The Labute approximate surface area is 140 Å². The molecular weight excluding hydrogens is 280 g/mol. The summed E-state index contributed by atoms with van der Waals surface area (Å²) in [6.07, 6.45) is 5.41. The molecule has 2 nitrogen and oxygen atoms in total. The second-order valence-corrected chi connectivity index (χ2v) is 7.02. The van der Waals surface area contributed by atoms with Crippen LogP contribution in [0.1, 0.15) is 39.0 Å². The number of fused-ring (bicyclic) bond motifs is 1. The van der Waals surface area contributed by atoms with Gasteiger partial charge in [0.05, 0.1) is 0 Å². The standard InChI is InChI=1S/C21H30N2/c1-7-21(4,5)20-18(12-14-22-6)17-10-8-9-11-19(17)23(20)15-13-16(2)3/h7-11,13,22H,1,12,14-15H2,2-6H3. The normalized spacial score (nSPS) is 11.7. The fourth-order valence-corrected chi connectivity index (χ4v) is 3.18. The van der Waals surface area contributed by atoms with Gasteiger partial charge in [-0.25, -0.2) is 0 Å². The smallest absolute Gasteiger partial charge is 0.0488 e. The highest BCUT2D eigenvalue weighted by Crippen LogP contribution is 2.36. The van der Waals surface area contributed by atoms with Crippen molar-refractivity contribution in [3.8, 4) is 0 Å². The summed E-state index contributed by atoms with van der Waals surface area (Å²) in [4.78, 5) is 0. The van der Waals surface area contributed by atoms with Gasteiger partial charge in [-0.1, -0.05) is 49.8 Å². The summed E-state index contributed by atoms with van der Waals surface area (Å²) in [7, 11) is 2.01. The van der Waals surface area contributed by atoms with Crippen molar-refractivity contribution < 1.29 is 0 Å². The van der Waals surface area contributed by atoms with Crippen molar-refractivity contribution in [1.29, 1.82) is 0 Å². The molecule has 0 amide bonds. The number of hydrogen-bond acceptors (Lipinski definition) is 1. The molecule has 0 atom stereocenters. The van der Waals surface area contributed by atoms with Crippen LogP contribution in [0, 0.1) is 0 Å². The Bertz CT molecular complexity index is 713. The van der Waals surface area contributed by atoms with Gasteiger partial charge in [0.2, 0.25) is 0 Å². The van der Waals surface area contributed by atoms with Gasteiger partial charge in [0.25, 0.3) is 0 Å². The lowest BCUT2D eigenvalue weighted by molar-refractivity contribution is 0.589. The first-order valence-electron chi connectivity index (χ1n) is 8.44. The lowest BCUT2D eigenvalue weighted by Gasteiger charge is -2.25. The van der Waals surface area contributed by atoms with E-state index in [1.165, 1.54) is 27.7 Å². The van der Waals surface area contributed by atoms with E-state index >= 15 is 0 Å². The number of nitrogens with one attached hydrogen (secondary N) is 1. The number of rotatable bonds is 7. The van der Waals surface area contributed by atoms with Gasteiger partial charge in [-0.3, -0.25) is 0 Å². The molecule has 0 unspecified atom stereocenters. The van der Waals surface area contributed by atoms with Gasteiger partial charge < -0.3 is 9.88 Å². The van der Waals surface area contributed by atoms with Gasteiger partial charge in [-0.05, 0) is 45.5 Å². The first kappa shape index (κ1) is 17.6. The zero-order chi connectivity index (χ0) is 17.0. The van der Waals surface area contributed by atoms with Crippen LogP contribution in [-0.4, -0.2) is 18.2 Å². The van der Waals surface area contributed by atoms with Gasteiger partial charge in [-0.2, -0.15) is 0 Å². The summed E-state index contributed by atoms with van der Waals surface area (Å²) in [5.41, 5.74) is 5.45. The number of nitrogens with zero attached hydrogens (tertiary/aromatic N) is 1. The second kappa shape index (κ2) is 7.18. The third-order valence-corrected chi connectivity index (χ3v) is 4.50. The van der Waals surface area contributed by atoms with Crippen LogP contribution in [0.25, 0.3) is 10.9 Å². The SMILES string of the molecule is C=CC(C)(C)c1c(CCNC)c2ccccc2n1CC=C(C)C. The van der Waals surface area contributed by atoms with Crippen molar-refractivity contribution in [2.24, 2.45) is 0 Å². The Balaban J connectivity index is 2.76. The minimum Gasteiger partial charge on any atom is -0.340 e. The first-order valence-corrected chi connectivity index (χ1v) is 8.44. The Morgan fingerprint density at radius 3 is 2.57 bits per heavy atom. The monoisotopic (exact) mass is 310 g/mol. The molecule has 2 heteroatoms. The molecular formula is C21H30N2. The van der Waals surface area contributed by atoms with Gasteiger partial charge in [0, 0.05) is 28.6 Å². The predicted octanol–water partition coefficient (Wildman–Crippen LogP) is 4.83. The third-order valence-electron chi connectivity index (χ3n) is 4.50. The molecule has 1 aromatic carbocycles. The third kappa shape index (κ3) is 3.59. The molecule has 0 saturated heterocycles. The van der Waals surface area contributed by atoms with Crippen LogP contribution in [0.15, 0.2) is 48.6 Å². The second-order valence-electron chi connectivity index (χ2n) is 7.02. The molecule has 0 aliphatic heterocycles. The van der Waals surface area contributed by atoms with Crippen LogP contribution in [0.5, 0.6) is 0 Å². The molecule has 1 N–H and O–H groups in total. The van der Waals surface area contributed by atoms with Gasteiger partial charge in [-0.15, -0.1) is 6.58 Å². The largest absolute Gasteiger partial charge is 0.340 e. The molecule has 1 heterocycles. The van der Waals surface area contributed by atoms with Gasteiger partial charge in [0.1, 0.15) is 0 Å². The van der Waals surface area contributed by atoms with Crippen molar-refractivity contribution in [2.45, 2.75) is 46.1 Å². The Hall–Kier alpha value is -1.80. The molecule has 2 aromatic rings. The number of hydrogen-bond donors (Lipinski definition) is 1. The Morgan fingerprint density at radius 2 is 1.96 bits per heavy atom. The minimum absolute atomic E-state index is 0.0580. The summed E-state index contributed by atoms with van der Waals surface area (Å²) in [5.74, 6) is 0. The zero-order valence-electron chi connectivity index (χ0n) is 15.2. The quantitative estimate of drug-likeness (QED) is 0.725. The van der Waals surface area contributed by atoms with Gasteiger partial charge >= 0.3 is 0 Å². The van der Waals surface area contributed by atoms with E-state index in [1.54, 1.807) is 0 Å². The van der Waals surface area contributed by atoms with Crippen LogP contribution < -0.4 is 5.32 Å². The molecule has 23 heavy (non-hydrogen) atoms. The molecule has 2 rings (SSSR count). The maximum absolute atomic E-state index is 4.09. The molecule has 0 aliphatic rings. The first-order chi connectivity index (χ1) is 10.9. The average molecular weight is 310 g/mol. The number of likely N-dealkylation sites (N-methyl/N-ethyl adjacent to an activating group) is 1. The Morgan fingerprint density at radius 1 is 1.26 bits per heavy atom. The lowest BCUT2D eigenvalue weighted by atomic mass is 9.85. The van der Waals surface area contributed by atoms with E-state index in [4.69, 9.17) is 0 Å². The predicted molar refractivity (Wildman–Crippen MR) is 102 cm³/mol. The van der Waals surface area contributed by atoms with Crippen molar-refractivity contribution in [3.63, 3.8) is 0 Å². The van der Waals surface area contributed by atoms with E-state index in [1.807, 2.05) is 7.05 Å². The van der Waals surface area contributed by atoms with Crippen LogP contribution in [0.4, 0.5) is 0 Å². The van der Waals surface area contributed by atoms with E-state index < -0.39 is 0 Å². The summed E-state index contributed by atoms with van der Waals surface area (Å²) < 4.78 is 2.47. The van der Waals surface area contributed by atoms with E-state index in [2.05, 4.69) is 80.6 Å². The highest BCUT2D eigenvalue weighted by atomic mass is 15.0. The number of aromatic nitrogens is 1. The van der Waals surface area contributed by atoms with E-state index in [0.29, 0.717) is 0 Å². The number of benzene rings is 1. The molecule has 0 saturated carbocycles. The fraction of sp³-hybridized carbons (Fsp3) is 0.429. The van der Waals surface area contributed by atoms with Crippen molar-refractivity contribution in [1.82, 2.24) is 9.88 Å². The summed E-state index contributed by atoms with van der Waals surface area (Å²) in [5, 5.41) is 4.66. The lowest BCUT2D eigenvalue weighted by Crippen LogP contribution is -2.22. The van der Waals surface area contributed by atoms with Crippen molar-refractivity contribution in [2.75, 3.05) is 13.6 Å². The molecule has 0 fully saturated rings. The molecule has 1 aromatic heterocycles. The fourth-order valence-electron chi connectivity index (χ4n) is 3.18. The van der Waals surface area contributed by atoms with Gasteiger partial charge in [0.15, 0.2) is 0 Å². The highest BCUT2D eigenvalue weighted by Gasteiger charge is 2.27. The van der Waals surface area contributed by atoms with Crippen LogP contribution in [0.2, 0.25) is 0 Å². The van der Waals surface area contributed by atoms with E-state index in [9.17, 15) is 0 Å². The topological polar surface area (TPSA) is 17.0 Å². The van der Waals surface area contributed by atoms with Crippen LogP contribution >= 0.6 is 0 Å². The average Bonchev–Trinajstić information content (AvgIpc) is 2.85. The molecule has 124 valence electrons. The molecule has 0 spiro atoms. The van der Waals surface area contributed by atoms with Crippen molar-refractivity contribution in [3.05, 3.63) is 59.8 Å². The van der Waals surface area contributed by atoms with Crippen LogP contribution in [0.3, 0.4) is 0 Å². The molecule has 0 aliphatic carbocycles. The minimum atomic E-state index is -0.0580.